The smallest absolute Gasteiger partial charge is 0.278 e. The van der Waals surface area contributed by atoms with Gasteiger partial charge in [-0.2, -0.15) is 0 Å². The quantitative estimate of drug-likeness (QED) is 0.151. The van der Waals surface area contributed by atoms with Crippen LogP contribution >= 0.6 is 7.82 Å². The maximum atomic E-state index is 11.8. The average molecular weight is 366 g/mol. The lowest BCUT2D eigenvalue weighted by Crippen LogP contribution is -2.22. The first-order valence-electron chi connectivity index (χ1n) is 9.57. The van der Waals surface area contributed by atoms with Crippen LogP contribution in [0.4, 0.5) is 0 Å². The van der Waals surface area contributed by atoms with Crippen LogP contribution in [-0.4, -0.2) is 19.3 Å². The summed E-state index contributed by atoms with van der Waals surface area (Å²) in [6.07, 6.45) is 15.0. The Hall–Kier alpha value is 0.0300. The second-order valence-electron chi connectivity index (χ2n) is 6.51. The van der Waals surface area contributed by atoms with Gasteiger partial charge >= 0.3 is 7.82 Å². The van der Waals surface area contributed by atoms with E-state index in [1.165, 1.54) is 64.2 Å². The van der Waals surface area contributed by atoms with Gasteiger partial charge in [0, 0.05) is 0 Å². The van der Waals surface area contributed by atoms with Crippen molar-refractivity contribution in [1.82, 2.24) is 0 Å². The van der Waals surface area contributed by atoms with Crippen molar-refractivity contribution in [3.05, 3.63) is 0 Å². The van der Waals surface area contributed by atoms with E-state index >= 15 is 0 Å². The van der Waals surface area contributed by atoms with Crippen molar-refractivity contribution in [1.29, 1.82) is 0 Å². The van der Waals surface area contributed by atoms with Crippen LogP contribution in [0.3, 0.4) is 0 Å². The summed E-state index contributed by atoms with van der Waals surface area (Å²) < 4.78 is 26.2. The van der Waals surface area contributed by atoms with Crippen molar-refractivity contribution in [3.63, 3.8) is 0 Å². The minimum absolute atomic E-state index is 0.228. The van der Waals surface area contributed by atoms with Crippen molar-refractivity contribution >= 4 is 7.82 Å². The predicted octanol–water partition coefficient (Wildman–Crippen LogP) is 6.11. The highest BCUT2D eigenvalue weighted by molar-refractivity contribution is 7.48. The Morgan fingerprint density at radius 2 is 1.46 bits per heavy atom. The summed E-state index contributed by atoms with van der Waals surface area (Å²) in [7, 11) is -3.70. The second kappa shape index (κ2) is 14.2. The first-order valence-corrected chi connectivity index (χ1v) is 11.0. The third-order valence-electron chi connectivity index (χ3n) is 3.98. The van der Waals surface area contributed by atoms with Gasteiger partial charge in [0.15, 0.2) is 0 Å². The van der Waals surface area contributed by atoms with Crippen molar-refractivity contribution in [2.24, 2.45) is 0 Å². The number of phosphoric acid groups is 1. The van der Waals surface area contributed by atoms with Gasteiger partial charge in [0.05, 0.1) is 12.7 Å². The number of unbranched alkanes of at least 4 members (excludes halogenated alkanes) is 11. The predicted molar refractivity (Wildman–Crippen MR) is 93.3 cm³/mol. The highest BCUT2D eigenvalue weighted by Crippen LogP contribution is 2.53. The van der Waals surface area contributed by atoms with E-state index in [0.29, 0.717) is 6.61 Å². The monoisotopic (exact) mass is 366 g/mol. The van der Waals surface area contributed by atoms with Gasteiger partial charge in [-0.1, -0.05) is 77.6 Å². The molecular weight excluding hydrogens is 331 g/mol. The fourth-order valence-electron chi connectivity index (χ4n) is 2.59. The van der Waals surface area contributed by atoms with Crippen LogP contribution in [0.15, 0.2) is 0 Å². The standard InChI is InChI=1S/C17H35O6P/c1-3-4-5-6-7-8-9-10-11-12-13-14-15-19-22-24(18)21-17(2)16-20-23-24/h17H,3-16H2,1-2H3. The van der Waals surface area contributed by atoms with Crippen molar-refractivity contribution in [2.45, 2.75) is 97.0 Å². The molecule has 0 aromatic carbocycles. The fourth-order valence-corrected chi connectivity index (χ4v) is 3.58. The molecule has 7 heteroatoms. The molecule has 1 aliphatic rings. The lowest BCUT2D eigenvalue weighted by Gasteiger charge is -2.23. The second-order valence-corrected chi connectivity index (χ2v) is 7.91. The molecule has 1 heterocycles. The van der Waals surface area contributed by atoms with Gasteiger partial charge in [-0.25, -0.2) is 14.3 Å². The topological polar surface area (TPSA) is 63.2 Å². The molecule has 0 aromatic heterocycles. The Morgan fingerprint density at radius 1 is 0.917 bits per heavy atom. The third kappa shape index (κ3) is 11.6. The molecule has 0 aliphatic carbocycles. The summed E-state index contributed by atoms with van der Waals surface area (Å²) in [4.78, 5) is 9.60. The van der Waals surface area contributed by atoms with Gasteiger partial charge in [-0.05, 0) is 13.3 Å². The molecule has 1 fully saturated rings. The van der Waals surface area contributed by atoms with Gasteiger partial charge in [-0.3, -0.25) is 4.52 Å². The Bertz CT molecular complexity index is 339. The van der Waals surface area contributed by atoms with Crippen LogP contribution in [0.2, 0.25) is 0 Å². The summed E-state index contributed by atoms with van der Waals surface area (Å²) in [5.41, 5.74) is 0. The molecule has 144 valence electrons. The highest BCUT2D eigenvalue weighted by Gasteiger charge is 2.36. The molecule has 0 bridgehead atoms. The van der Waals surface area contributed by atoms with E-state index in [0.717, 1.165) is 12.8 Å². The van der Waals surface area contributed by atoms with Crippen LogP contribution in [0, 0.1) is 0 Å². The zero-order valence-corrected chi connectivity index (χ0v) is 16.3. The molecule has 2 unspecified atom stereocenters. The van der Waals surface area contributed by atoms with E-state index in [2.05, 4.69) is 16.5 Å². The SMILES string of the molecule is CCCCCCCCCCCCCCOOP1(=O)OOCC(C)O1. The molecule has 0 spiro atoms. The Labute approximate surface area is 147 Å². The fraction of sp³-hybridized carbons (Fsp3) is 1.00. The number of hydrogen-bond acceptors (Lipinski definition) is 6. The molecule has 0 aromatic rings. The first-order chi connectivity index (χ1) is 11.7. The Kier molecular flexibility index (Phi) is 13.1. The lowest BCUT2D eigenvalue weighted by atomic mass is 10.1. The zero-order valence-electron chi connectivity index (χ0n) is 15.4. The Balaban J connectivity index is 1.80. The van der Waals surface area contributed by atoms with Crippen LogP contribution in [0.1, 0.15) is 90.9 Å². The van der Waals surface area contributed by atoms with Crippen LogP contribution in [0.25, 0.3) is 0 Å². The molecule has 1 rings (SSSR count). The normalized spacial score (nSPS) is 24.3. The van der Waals surface area contributed by atoms with E-state index in [4.69, 9.17) is 14.1 Å². The summed E-state index contributed by atoms with van der Waals surface area (Å²) in [5, 5.41) is 0. The first kappa shape index (κ1) is 22.1. The zero-order chi connectivity index (χ0) is 17.5. The van der Waals surface area contributed by atoms with Gasteiger partial charge in [0.1, 0.15) is 6.61 Å². The summed E-state index contributed by atoms with van der Waals surface area (Å²) in [6, 6.07) is 0. The summed E-state index contributed by atoms with van der Waals surface area (Å²) in [6.45, 7) is 4.59. The van der Waals surface area contributed by atoms with Crippen LogP contribution in [0.5, 0.6) is 0 Å². The van der Waals surface area contributed by atoms with Crippen LogP contribution in [-0.2, 0) is 28.2 Å². The maximum Gasteiger partial charge on any atom is 0.529 e. The molecule has 1 saturated heterocycles. The van der Waals surface area contributed by atoms with Crippen molar-refractivity contribution in [3.8, 4) is 0 Å². The molecule has 0 amide bonds. The molecular formula is C17H35O6P. The third-order valence-corrected chi connectivity index (χ3v) is 5.18. The van der Waals surface area contributed by atoms with E-state index in [1.54, 1.807) is 6.92 Å². The molecule has 0 N–H and O–H groups in total. The molecule has 6 nitrogen and oxygen atoms in total. The number of hydrogen-bond donors (Lipinski definition) is 0. The van der Waals surface area contributed by atoms with Crippen LogP contribution < -0.4 is 0 Å². The van der Waals surface area contributed by atoms with E-state index in [-0.39, 0.29) is 12.7 Å². The minimum Gasteiger partial charge on any atom is -0.278 e. The largest absolute Gasteiger partial charge is 0.529 e. The van der Waals surface area contributed by atoms with Crippen molar-refractivity contribution in [2.75, 3.05) is 13.2 Å². The summed E-state index contributed by atoms with van der Waals surface area (Å²) in [5.74, 6) is 0. The van der Waals surface area contributed by atoms with Gasteiger partial charge in [-0.15, -0.1) is 9.35 Å². The minimum atomic E-state index is -3.70. The van der Waals surface area contributed by atoms with Crippen molar-refractivity contribution < 1.29 is 28.2 Å². The van der Waals surface area contributed by atoms with E-state index < -0.39 is 7.82 Å². The number of rotatable bonds is 15. The summed E-state index contributed by atoms with van der Waals surface area (Å²) >= 11 is 0. The molecule has 0 radical (unpaired) electrons. The van der Waals surface area contributed by atoms with Gasteiger partial charge < -0.3 is 0 Å². The van der Waals surface area contributed by atoms with Gasteiger partial charge in [0.2, 0.25) is 0 Å². The van der Waals surface area contributed by atoms with E-state index in [9.17, 15) is 4.57 Å². The highest BCUT2D eigenvalue weighted by atomic mass is 31.2. The molecule has 2 atom stereocenters. The maximum absolute atomic E-state index is 11.8. The van der Waals surface area contributed by atoms with Gasteiger partial charge in [0.25, 0.3) is 0 Å². The lowest BCUT2D eigenvalue weighted by molar-refractivity contribution is -0.310. The Morgan fingerprint density at radius 3 is 2.00 bits per heavy atom. The average Bonchev–Trinajstić information content (AvgIpc) is 2.55. The molecule has 24 heavy (non-hydrogen) atoms. The molecule has 1 aliphatic heterocycles. The van der Waals surface area contributed by atoms with E-state index in [1.807, 2.05) is 0 Å². The molecule has 0 saturated carbocycles.